The standard InChI is InChI=1S/C15H21F3N2O/c1-11-4-5-12(8-14(11)15(16,17)18)19-9-13(21)10-20-6-2-3-7-20/h4-5,8,13,19,21H,2-3,6-7,9-10H2,1H3. The van der Waals surface area contributed by atoms with Crippen LogP contribution in [0.1, 0.15) is 24.0 Å². The number of anilines is 1. The van der Waals surface area contributed by atoms with Crippen molar-refractivity contribution in [3.8, 4) is 0 Å². The first-order valence-electron chi connectivity index (χ1n) is 7.18. The van der Waals surface area contributed by atoms with Crippen molar-refractivity contribution in [3.05, 3.63) is 29.3 Å². The second-order valence-electron chi connectivity index (χ2n) is 5.57. The van der Waals surface area contributed by atoms with Gasteiger partial charge in [-0.05, 0) is 50.6 Å². The van der Waals surface area contributed by atoms with Gasteiger partial charge in [0.1, 0.15) is 0 Å². The van der Waals surface area contributed by atoms with E-state index in [0.29, 0.717) is 12.2 Å². The Balaban J connectivity index is 1.90. The summed E-state index contributed by atoms with van der Waals surface area (Å²) < 4.78 is 38.4. The third kappa shape index (κ3) is 4.61. The van der Waals surface area contributed by atoms with Crippen LogP contribution in [0, 0.1) is 6.92 Å². The molecular weight excluding hydrogens is 281 g/mol. The number of alkyl halides is 3. The molecule has 118 valence electrons. The van der Waals surface area contributed by atoms with Crippen LogP contribution in [0.15, 0.2) is 18.2 Å². The van der Waals surface area contributed by atoms with Gasteiger partial charge in [0.05, 0.1) is 11.7 Å². The minimum absolute atomic E-state index is 0.200. The van der Waals surface area contributed by atoms with Gasteiger partial charge < -0.3 is 15.3 Å². The van der Waals surface area contributed by atoms with Crippen molar-refractivity contribution in [2.75, 3.05) is 31.5 Å². The summed E-state index contributed by atoms with van der Waals surface area (Å²) >= 11 is 0. The number of nitrogens with one attached hydrogen (secondary N) is 1. The molecule has 0 bridgehead atoms. The van der Waals surface area contributed by atoms with Crippen LogP contribution in [0.2, 0.25) is 0 Å². The van der Waals surface area contributed by atoms with Crippen LogP contribution < -0.4 is 5.32 Å². The lowest BCUT2D eigenvalue weighted by atomic mass is 10.1. The van der Waals surface area contributed by atoms with E-state index in [2.05, 4.69) is 10.2 Å². The highest BCUT2D eigenvalue weighted by Gasteiger charge is 2.32. The Morgan fingerprint density at radius 1 is 1.29 bits per heavy atom. The lowest BCUT2D eigenvalue weighted by Crippen LogP contribution is -2.34. The molecule has 0 saturated carbocycles. The minimum Gasteiger partial charge on any atom is -0.390 e. The summed E-state index contributed by atoms with van der Waals surface area (Å²) in [6.07, 6.45) is -2.64. The molecule has 3 nitrogen and oxygen atoms in total. The average molecular weight is 302 g/mol. The third-order valence-electron chi connectivity index (χ3n) is 3.75. The number of nitrogens with zero attached hydrogens (tertiary/aromatic N) is 1. The molecule has 1 unspecified atom stereocenters. The second kappa shape index (κ2) is 6.66. The number of benzene rings is 1. The van der Waals surface area contributed by atoms with Crippen LogP contribution in [0.4, 0.5) is 18.9 Å². The average Bonchev–Trinajstić information content (AvgIpc) is 2.89. The van der Waals surface area contributed by atoms with Crippen molar-refractivity contribution in [1.82, 2.24) is 4.90 Å². The Morgan fingerprint density at radius 2 is 1.95 bits per heavy atom. The van der Waals surface area contributed by atoms with Crippen LogP contribution >= 0.6 is 0 Å². The predicted molar refractivity (Wildman–Crippen MR) is 76.4 cm³/mol. The van der Waals surface area contributed by atoms with E-state index in [-0.39, 0.29) is 12.1 Å². The zero-order valence-electron chi connectivity index (χ0n) is 12.1. The Bertz CT molecular complexity index is 470. The largest absolute Gasteiger partial charge is 0.416 e. The number of aryl methyl sites for hydroxylation is 1. The molecule has 6 heteroatoms. The number of aliphatic hydroxyl groups excluding tert-OH is 1. The Hall–Kier alpha value is -1.27. The highest BCUT2D eigenvalue weighted by Crippen LogP contribution is 2.33. The summed E-state index contributed by atoms with van der Waals surface area (Å²) in [7, 11) is 0. The van der Waals surface area contributed by atoms with Crippen molar-refractivity contribution in [1.29, 1.82) is 0 Å². The summed E-state index contributed by atoms with van der Waals surface area (Å²) in [6.45, 7) is 4.22. The SMILES string of the molecule is Cc1ccc(NCC(O)CN2CCCC2)cc1C(F)(F)F. The molecule has 1 aliphatic heterocycles. The van der Waals surface area contributed by atoms with Gasteiger partial charge in [-0.25, -0.2) is 0 Å². The quantitative estimate of drug-likeness (QED) is 0.878. The number of rotatable bonds is 5. The minimum atomic E-state index is -4.35. The van der Waals surface area contributed by atoms with E-state index < -0.39 is 17.8 Å². The smallest absolute Gasteiger partial charge is 0.390 e. The van der Waals surface area contributed by atoms with Gasteiger partial charge in [-0.3, -0.25) is 0 Å². The molecule has 0 spiro atoms. The van der Waals surface area contributed by atoms with E-state index in [9.17, 15) is 18.3 Å². The van der Waals surface area contributed by atoms with Crippen molar-refractivity contribution >= 4 is 5.69 Å². The van der Waals surface area contributed by atoms with Gasteiger partial charge in [-0.2, -0.15) is 13.2 Å². The molecule has 0 aliphatic carbocycles. The molecule has 0 amide bonds. The van der Waals surface area contributed by atoms with Gasteiger partial charge in [0.15, 0.2) is 0 Å². The molecule has 0 aromatic heterocycles. The maximum absolute atomic E-state index is 12.8. The molecule has 1 heterocycles. The van der Waals surface area contributed by atoms with Gasteiger partial charge in [-0.15, -0.1) is 0 Å². The van der Waals surface area contributed by atoms with Gasteiger partial charge in [-0.1, -0.05) is 6.07 Å². The number of aliphatic hydroxyl groups is 1. The predicted octanol–water partition coefficient (Wildman–Crippen LogP) is 2.88. The number of halogens is 3. The Morgan fingerprint density at radius 3 is 2.57 bits per heavy atom. The van der Waals surface area contributed by atoms with E-state index in [0.717, 1.165) is 32.0 Å². The molecule has 1 aliphatic rings. The summed E-state index contributed by atoms with van der Waals surface area (Å²) in [5.41, 5.74) is -0.0550. The second-order valence-corrected chi connectivity index (χ2v) is 5.57. The molecule has 1 atom stereocenters. The van der Waals surface area contributed by atoms with Crippen molar-refractivity contribution in [2.24, 2.45) is 0 Å². The molecule has 2 N–H and O–H groups in total. The molecular formula is C15H21F3N2O. The first-order chi connectivity index (χ1) is 9.86. The highest BCUT2D eigenvalue weighted by molar-refractivity contribution is 5.49. The van der Waals surface area contributed by atoms with Gasteiger partial charge in [0.25, 0.3) is 0 Å². The maximum Gasteiger partial charge on any atom is 0.416 e. The molecule has 0 radical (unpaired) electrons. The van der Waals surface area contributed by atoms with E-state index in [1.165, 1.54) is 13.0 Å². The van der Waals surface area contributed by atoms with Crippen LogP contribution in [-0.4, -0.2) is 42.3 Å². The number of hydrogen-bond acceptors (Lipinski definition) is 3. The molecule has 1 aromatic rings. The molecule has 1 aromatic carbocycles. The van der Waals surface area contributed by atoms with Crippen molar-refractivity contribution in [2.45, 2.75) is 32.0 Å². The normalized spacial score (nSPS) is 18.0. The van der Waals surface area contributed by atoms with Crippen LogP contribution in [0.5, 0.6) is 0 Å². The van der Waals surface area contributed by atoms with E-state index >= 15 is 0 Å². The van der Waals surface area contributed by atoms with Crippen molar-refractivity contribution in [3.63, 3.8) is 0 Å². The Labute approximate surface area is 122 Å². The molecule has 21 heavy (non-hydrogen) atoms. The summed E-state index contributed by atoms with van der Waals surface area (Å²) in [5.74, 6) is 0. The monoisotopic (exact) mass is 302 g/mol. The van der Waals surface area contributed by atoms with Gasteiger partial charge in [0, 0.05) is 18.8 Å². The highest BCUT2D eigenvalue weighted by atomic mass is 19.4. The first-order valence-corrected chi connectivity index (χ1v) is 7.18. The van der Waals surface area contributed by atoms with E-state index in [4.69, 9.17) is 0 Å². The molecule has 1 saturated heterocycles. The van der Waals surface area contributed by atoms with Crippen LogP contribution in [-0.2, 0) is 6.18 Å². The molecule has 1 fully saturated rings. The van der Waals surface area contributed by atoms with Crippen LogP contribution in [0.25, 0.3) is 0 Å². The Kier molecular flexibility index (Phi) is 5.11. The van der Waals surface area contributed by atoms with E-state index in [1.807, 2.05) is 0 Å². The maximum atomic E-state index is 12.8. The third-order valence-corrected chi connectivity index (χ3v) is 3.75. The fraction of sp³-hybridized carbons (Fsp3) is 0.600. The topological polar surface area (TPSA) is 35.5 Å². The van der Waals surface area contributed by atoms with E-state index in [1.54, 1.807) is 6.07 Å². The summed E-state index contributed by atoms with van der Waals surface area (Å²) in [4.78, 5) is 2.17. The lowest BCUT2D eigenvalue weighted by molar-refractivity contribution is -0.138. The number of β-amino-alcohol motifs (C(OH)–C–C–N with tert-alkyl or cyclic N) is 1. The first kappa shape index (κ1) is 16.1. The fourth-order valence-electron chi connectivity index (χ4n) is 2.60. The summed E-state index contributed by atoms with van der Waals surface area (Å²) in [6, 6.07) is 4.14. The van der Waals surface area contributed by atoms with Gasteiger partial charge in [0.2, 0.25) is 0 Å². The number of hydrogen-bond donors (Lipinski definition) is 2. The molecule has 2 rings (SSSR count). The summed E-state index contributed by atoms with van der Waals surface area (Å²) in [5, 5.41) is 12.8. The zero-order chi connectivity index (χ0) is 15.5. The van der Waals surface area contributed by atoms with Crippen molar-refractivity contribution < 1.29 is 18.3 Å². The van der Waals surface area contributed by atoms with Gasteiger partial charge >= 0.3 is 6.18 Å². The fourth-order valence-corrected chi connectivity index (χ4v) is 2.60. The van der Waals surface area contributed by atoms with Crippen LogP contribution in [0.3, 0.4) is 0 Å². The lowest BCUT2D eigenvalue weighted by Gasteiger charge is -2.20. The number of likely N-dealkylation sites (tertiary alicyclic amines) is 1. The zero-order valence-corrected chi connectivity index (χ0v) is 12.1.